The van der Waals surface area contributed by atoms with Crippen LogP contribution in [0.3, 0.4) is 0 Å². The van der Waals surface area contributed by atoms with Gasteiger partial charge >= 0.3 is 6.18 Å². The number of ketones is 1. The minimum Gasteiger partial charge on any atom is -0.325 e. The third-order valence-corrected chi connectivity index (χ3v) is 4.17. The summed E-state index contributed by atoms with van der Waals surface area (Å²) in [4.78, 5) is 36.3. The number of benzene rings is 2. The second-order valence-electron chi connectivity index (χ2n) is 6.71. The highest BCUT2D eigenvalue weighted by atomic mass is 19.4. The summed E-state index contributed by atoms with van der Waals surface area (Å²) in [5.74, 6) is -1.73. The van der Waals surface area contributed by atoms with Gasteiger partial charge in [-0.1, -0.05) is 12.1 Å². The van der Waals surface area contributed by atoms with Crippen LogP contribution in [0.15, 0.2) is 48.5 Å². The second-order valence-corrected chi connectivity index (χ2v) is 6.71. The van der Waals surface area contributed by atoms with E-state index in [1.54, 1.807) is 0 Å². The molecule has 0 heterocycles. The van der Waals surface area contributed by atoms with Crippen molar-refractivity contribution in [1.29, 1.82) is 0 Å². The maximum absolute atomic E-state index is 13.1. The molecule has 2 aromatic rings. The Bertz CT molecular complexity index is 904. The predicted octanol–water partition coefficient (Wildman–Crippen LogP) is 4.51. The summed E-state index contributed by atoms with van der Waals surface area (Å²) < 4.78 is 39.2. The fourth-order valence-electron chi connectivity index (χ4n) is 2.30. The first-order valence-electron chi connectivity index (χ1n) is 8.33. The van der Waals surface area contributed by atoms with Crippen LogP contribution in [0.5, 0.6) is 0 Å². The van der Waals surface area contributed by atoms with Crippen molar-refractivity contribution >= 4 is 29.0 Å². The average Bonchev–Trinajstić information content (AvgIpc) is 2.61. The molecule has 0 aliphatic heterocycles. The molecule has 0 aliphatic carbocycles. The highest BCUT2D eigenvalue weighted by molar-refractivity contribution is 6.14. The van der Waals surface area contributed by atoms with Gasteiger partial charge in [-0.05, 0) is 57.2 Å². The van der Waals surface area contributed by atoms with Crippen molar-refractivity contribution in [3.05, 3.63) is 59.7 Å². The van der Waals surface area contributed by atoms with Gasteiger partial charge in [-0.2, -0.15) is 13.2 Å². The van der Waals surface area contributed by atoms with E-state index in [1.807, 2.05) is 0 Å². The average molecular weight is 392 g/mol. The number of rotatable bonds is 5. The topological polar surface area (TPSA) is 75.3 Å². The molecule has 0 aromatic heterocycles. The number of carbonyl (C=O) groups is 3. The molecule has 0 fully saturated rings. The Morgan fingerprint density at radius 1 is 0.821 bits per heavy atom. The van der Waals surface area contributed by atoms with Gasteiger partial charge in [0.1, 0.15) is 5.41 Å². The van der Waals surface area contributed by atoms with Crippen LogP contribution in [0.25, 0.3) is 0 Å². The molecule has 0 saturated heterocycles. The Morgan fingerprint density at radius 3 is 1.89 bits per heavy atom. The molecule has 2 rings (SSSR count). The fourth-order valence-corrected chi connectivity index (χ4v) is 2.30. The molecule has 0 saturated carbocycles. The first-order chi connectivity index (χ1) is 12.9. The van der Waals surface area contributed by atoms with Crippen LogP contribution in [0.2, 0.25) is 0 Å². The van der Waals surface area contributed by atoms with Gasteiger partial charge in [-0.25, -0.2) is 0 Å². The minimum atomic E-state index is -4.64. The molecule has 5 nitrogen and oxygen atoms in total. The Labute approximate surface area is 159 Å². The van der Waals surface area contributed by atoms with Crippen molar-refractivity contribution in [1.82, 2.24) is 0 Å². The lowest BCUT2D eigenvalue weighted by atomic mass is 9.90. The van der Waals surface area contributed by atoms with E-state index in [0.717, 1.165) is 12.1 Å². The smallest absolute Gasteiger partial charge is 0.325 e. The van der Waals surface area contributed by atoms with E-state index in [0.29, 0.717) is 11.3 Å². The molecule has 148 valence electrons. The molecule has 2 aromatic carbocycles. The first kappa shape index (κ1) is 21.1. The molecule has 28 heavy (non-hydrogen) atoms. The number of halogens is 3. The number of carbonyl (C=O) groups excluding carboxylic acids is 3. The van der Waals surface area contributed by atoms with E-state index in [4.69, 9.17) is 0 Å². The van der Waals surface area contributed by atoms with Crippen molar-refractivity contribution in [3.8, 4) is 0 Å². The minimum absolute atomic E-state index is 0.138. The molecule has 0 unspecified atom stereocenters. The SMILES string of the molecule is CC(=O)c1ccc(NC(=O)C(C)(C)C(=O)Nc2ccccc2C(F)(F)F)cc1. The van der Waals surface area contributed by atoms with Crippen LogP contribution in [0.1, 0.15) is 36.7 Å². The lowest BCUT2D eigenvalue weighted by Gasteiger charge is -2.24. The summed E-state index contributed by atoms with van der Waals surface area (Å²) in [5, 5.41) is 4.71. The van der Waals surface area contributed by atoms with E-state index in [-0.39, 0.29) is 5.78 Å². The highest BCUT2D eigenvalue weighted by Gasteiger charge is 2.39. The monoisotopic (exact) mass is 392 g/mol. The number of alkyl halides is 3. The van der Waals surface area contributed by atoms with Crippen molar-refractivity contribution in [2.45, 2.75) is 26.9 Å². The van der Waals surface area contributed by atoms with E-state index >= 15 is 0 Å². The van der Waals surface area contributed by atoms with Crippen molar-refractivity contribution < 1.29 is 27.6 Å². The molecular formula is C20H19F3N2O3. The second kappa shape index (κ2) is 7.84. The van der Waals surface area contributed by atoms with Crippen molar-refractivity contribution in [2.75, 3.05) is 10.6 Å². The number of hydrogen-bond donors (Lipinski definition) is 2. The van der Waals surface area contributed by atoms with Gasteiger partial charge in [-0.15, -0.1) is 0 Å². The fraction of sp³-hybridized carbons (Fsp3) is 0.250. The molecule has 8 heteroatoms. The zero-order chi connectivity index (χ0) is 21.1. The van der Waals surface area contributed by atoms with Gasteiger partial charge in [0.15, 0.2) is 5.78 Å². The molecule has 2 amide bonds. The van der Waals surface area contributed by atoms with Gasteiger partial charge in [0.05, 0.1) is 11.3 Å². The summed E-state index contributed by atoms with van der Waals surface area (Å²) in [6, 6.07) is 10.6. The predicted molar refractivity (Wildman–Crippen MR) is 98.9 cm³/mol. The summed E-state index contributed by atoms with van der Waals surface area (Å²) >= 11 is 0. The van der Waals surface area contributed by atoms with Crippen LogP contribution in [0.4, 0.5) is 24.5 Å². The van der Waals surface area contributed by atoms with Crippen molar-refractivity contribution in [3.63, 3.8) is 0 Å². The Morgan fingerprint density at radius 2 is 1.36 bits per heavy atom. The normalized spacial score (nSPS) is 11.6. The standard InChI is InChI=1S/C20H19F3N2O3/c1-12(26)13-8-10-14(11-9-13)24-17(27)19(2,3)18(28)25-16-7-5-4-6-15(16)20(21,22)23/h4-11H,1-3H3,(H,24,27)(H,25,28). The molecule has 0 radical (unpaired) electrons. The number of para-hydroxylation sites is 1. The molecular weight excluding hydrogens is 373 g/mol. The Hall–Kier alpha value is -3.16. The largest absolute Gasteiger partial charge is 0.418 e. The number of amides is 2. The summed E-state index contributed by atoms with van der Waals surface area (Å²) in [6.45, 7) is 4.01. The lowest BCUT2D eigenvalue weighted by molar-refractivity contribution is -0.137. The molecule has 0 bridgehead atoms. The quantitative estimate of drug-likeness (QED) is 0.581. The van der Waals surface area contributed by atoms with Gasteiger partial charge in [0.25, 0.3) is 0 Å². The summed E-state index contributed by atoms with van der Waals surface area (Å²) in [6.07, 6.45) is -4.64. The number of Topliss-reactive ketones (excluding diaryl/α,β-unsaturated/α-hetero) is 1. The van der Waals surface area contributed by atoms with Crippen LogP contribution < -0.4 is 10.6 Å². The third kappa shape index (κ3) is 4.76. The van der Waals surface area contributed by atoms with Crippen LogP contribution in [-0.4, -0.2) is 17.6 Å². The molecule has 0 spiro atoms. The third-order valence-electron chi connectivity index (χ3n) is 4.17. The Kier molecular flexibility index (Phi) is 5.92. The van der Waals surface area contributed by atoms with Gasteiger partial charge in [0, 0.05) is 11.3 Å². The molecule has 2 N–H and O–H groups in total. The molecule has 0 aliphatic rings. The van der Waals surface area contributed by atoms with Gasteiger partial charge in [-0.3, -0.25) is 14.4 Å². The first-order valence-corrected chi connectivity index (χ1v) is 8.33. The maximum Gasteiger partial charge on any atom is 0.418 e. The van der Waals surface area contributed by atoms with Crippen LogP contribution in [-0.2, 0) is 15.8 Å². The molecule has 0 atom stereocenters. The number of nitrogens with one attached hydrogen (secondary N) is 2. The highest BCUT2D eigenvalue weighted by Crippen LogP contribution is 2.35. The van der Waals surface area contributed by atoms with E-state index < -0.39 is 34.7 Å². The zero-order valence-electron chi connectivity index (χ0n) is 15.5. The van der Waals surface area contributed by atoms with E-state index in [2.05, 4.69) is 10.6 Å². The van der Waals surface area contributed by atoms with Gasteiger partial charge < -0.3 is 10.6 Å². The lowest BCUT2D eigenvalue weighted by Crippen LogP contribution is -2.41. The van der Waals surface area contributed by atoms with Crippen molar-refractivity contribution in [2.24, 2.45) is 5.41 Å². The van der Waals surface area contributed by atoms with Crippen LogP contribution >= 0.6 is 0 Å². The van der Waals surface area contributed by atoms with E-state index in [9.17, 15) is 27.6 Å². The van der Waals surface area contributed by atoms with Gasteiger partial charge in [0.2, 0.25) is 11.8 Å². The number of anilines is 2. The summed E-state index contributed by atoms with van der Waals surface area (Å²) in [5.41, 5.74) is -2.27. The summed E-state index contributed by atoms with van der Waals surface area (Å²) in [7, 11) is 0. The number of hydrogen-bond acceptors (Lipinski definition) is 3. The van der Waals surface area contributed by atoms with E-state index in [1.165, 1.54) is 57.2 Å². The van der Waals surface area contributed by atoms with Crippen LogP contribution in [0, 0.1) is 5.41 Å². The zero-order valence-corrected chi connectivity index (χ0v) is 15.5. The maximum atomic E-state index is 13.1. The Balaban J connectivity index is 2.16.